The Bertz CT molecular complexity index is 276. The van der Waals surface area contributed by atoms with E-state index in [4.69, 9.17) is 5.11 Å². The second-order valence-electron chi connectivity index (χ2n) is 6.96. The molecular formula is C20H43N3O2. The van der Waals surface area contributed by atoms with Gasteiger partial charge in [0.25, 0.3) is 0 Å². The Kier molecular flexibility index (Phi) is 20.8. The van der Waals surface area contributed by atoms with Crippen LogP contribution >= 0.6 is 0 Å². The number of aliphatic carboxylic acids is 1. The number of hydrogen-bond acceptors (Lipinski definition) is 4. The summed E-state index contributed by atoms with van der Waals surface area (Å²) in [5, 5.41) is 18.3. The molecule has 0 radical (unpaired) electrons. The monoisotopic (exact) mass is 357 g/mol. The first kappa shape index (κ1) is 24.4. The average molecular weight is 358 g/mol. The van der Waals surface area contributed by atoms with Crippen molar-refractivity contribution in [2.45, 2.75) is 84.0 Å². The third kappa shape index (κ3) is 23.4. The molecule has 0 aromatic heterocycles. The second kappa shape index (κ2) is 21.4. The van der Waals surface area contributed by atoms with Crippen molar-refractivity contribution < 1.29 is 9.90 Å². The molecule has 0 aromatic carbocycles. The smallest absolute Gasteiger partial charge is 0.317 e. The molecule has 0 bridgehead atoms. The Morgan fingerprint density at radius 3 is 1.48 bits per heavy atom. The highest BCUT2D eigenvalue weighted by Gasteiger charge is 1.95. The maximum Gasteiger partial charge on any atom is 0.317 e. The van der Waals surface area contributed by atoms with Gasteiger partial charge in [0.2, 0.25) is 0 Å². The van der Waals surface area contributed by atoms with Crippen molar-refractivity contribution in [3.8, 4) is 0 Å². The average Bonchev–Trinajstić information content (AvgIpc) is 2.60. The van der Waals surface area contributed by atoms with Gasteiger partial charge in [0, 0.05) is 0 Å². The van der Waals surface area contributed by atoms with E-state index in [1.807, 2.05) is 0 Å². The first-order chi connectivity index (χ1) is 12.3. The summed E-state index contributed by atoms with van der Waals surface area (Å²) in [6.07, 6.45) is 16.1. The first-order valence-corrected chi connectivity index (χ1v) is 10.6. The van der Waals surface area contributed by atoms with E-state index in [0.29, 0.717) is 0 Å². The molecule has 25 heavy (non-hydrogen) atoms. The summed E-state index contributed by atoms with van der Waals surface area (Å²) in [7, 11) is 0. The number of carboxylic acids is 1. The lowest BCUT2D eigenvalue weighted by Crippen LogP contribution is -2.27. The third-order valence-electron chi connectivity index (χ3n) is 4.40. The Balaban J connectivity index is 2.97. The number of unbranched alkanes of at least 4 members (excludes halogenated alkanes) is 9. The minimum atomic E-state index is -0.790. The van der Waals surface area contributed by atoms with Crippen molar-refractivity contribution in [1.29, 1.82) is 0 Å². The lowest BCUT2D eigenvalue weighted by atomic mass is 10.1. The van der Waals surface area contributed by atoms with E-state index in [0.717, 1.165) is 45.6 Å². The molecule has 0 amide bonds. The lowest BCUT2D eigenvalue weighted by molar-refractivity contribution is -0.135. The maximum atomic E-state index is 10.3. The predicted octanol–water partition coefficient (Wildman–Crippen LogP) is 3.54. The van der Waals surface area contributed by atoms with Gasteiger partial charge in [0.05, 0.1) is 6.54 Å². The van der Waals surface area contributed by atoms with Gasteiger partial charge >= 0.3 is 5.97 Å². The number of carbonyl (C=O) groups is 1. The van der Waals surface area contributed by atoms with Gasteiger partial charge in [0.1, 0.15) is 0 Å². The van der Waals surface area contributed by atoms with E-state index >= 15 is 0 Å². The summed E-state index contributed by atoms with van der Waals surface area (Å²) in [6, 6.07) is 0. The molecule has 0 saturated carbocycles. The topological polar surface area (TPSA) is 73.4 Å². The quantitative estimate of drug-likeness (QED) is 0.237. The largest absolute Gasteiger partial charge is 0.480 e. The molecule has 4 N–H and O–H groups in total. The van der Waals surface area contributed by atoms with E-state index < -0.39 is 5.97 Å². The van der Waals surface area contributed by atoms with Gasteiger partial charge in [-0.3, -0.25) is 4.79 Å². The molecule has 0 fully saturated rings. The second-order valence-corrected chi connectivity index (χ2v) is 6.96. The van der Waals surface area contributed by atoms with Crippen LogP contribution in [0.4, 0.5) is 0 Å². The van der Waals surface area contributed by atoms with Crippen LogP contribution in [0.3, 0.4) is 0 Å². The van der Waals surface area contributed by atoms with E-state index in [2.05, 4.69) is 22.9 Å². The summed E-state index contributed by atoms with van der Waals surface area (Å²) in [4.78, 5) is 10.3. The highest BCUT2D eigenvalue weighted by Crippen LogP contribution is 2.10. The Morgan fingerprint density at radius 2 is 1.00 bits per heavy atom. The zero-order valence-electron chi connectivity index (χ0n) is 16.6. The van der Waals surface area contributed by atoms with Crippen LogP contribution in [0.15, 0.2) is 0 Å². The van der Waals surface area contributed by atoms with E-state index in [-0.39, 0.29) is 6.54 Å². The molecule has 0 aliphatic carbocycles. The van der Waals surface area contributed by atoms with E-state index in [1.165, 1.54) is 64.2 Å². The summed E-state index contributed by atoms with van der Waals surface area (Å²) in [6.45, 7) is 7.31. The van der Waals surface area contributed by atoms with Crippen molar-refractivity contribution in [3.05, 3.63) is 0 Å². The fourth-order valence-electron chi connectivity index (χ4n) is 2.86. The molecule has 0 spiro atoms. The fourth-order valence-corrected chi connectivity index (χ4v) is 2.86. The lowest BCUT2D eigenvalue weighted by Gasteiger charge is -2.07. The van der Waals surface area contributed by atoms with Crippen molar-refractivity contribution in [1.82, 2.24) is 16.0 Å². The minimum absolute atomic E-state index is 0.0584. The maximum absolute atomic E-state index is 10.3. The molecule has 0 aliphatic rings. The molecule has 150 valence electrons. The van der Waals surface area contributed by atoms with Gasteiger partial charge in [-0.2, -0.15) is 0 Å². The van der Waals surface area contributed by atoms with Gasteiger partial charge in [-0.1, -0.05) is 64.7 Å². The summed E-state index contributed by atoms with van der Waals surface area (Å²) < 4.78 is 0. The van der Waals surface area contributed by atoms with Gasteiger partial charge in [0.15, 0.2) is 0 Å². The molecule has 0 heterocycles. The van der Waals surface area contributed by atoms with E-state index in [9.17, 15) is 4.79 Å². The van der Waals surface area contributed by atoms with Crippen LogP contribution in [-0.4, -0.2) is 50.3 Å². The van der Waals surface area contributed by atoms with Crippen LogP contribution in [-0.2, 0) is 4.79 Å². The van der Waals surface area contributed by atoms with Crippen LogP contribution in [0.2, 0.25) is 0 Å². The molecular weight excluding hydrogens is 314 g/mol. The van der Waals surface area contributed by atoms with Gasteiger partial charge in [-0.15, -0.1) is 0 Å². The predicted molar refractivity (Wildman–Crippen MR) is 107 cm³/mol. The summed E-state index contributed by atoms with van der Waals surface area (Å²) in [5.41, 5.74) is 0. The number of rotatable bonds is 21. The number of hydrogen-bond donors (Lipinski definition) is 4. The zero-order chi connectivity index (χ0) is 18.4. The molecule has 0 saturated heterocycles. The molecule has 0 atom stereocenters. The summed E-state index contributed by atoms with van der Waals surface area (Å²) >= 11 is 0. The Hall–Kier alpha value is -0.650. The zero-order valence-corrected chi connectivity index (χ0v) is 16.6. The van der Waals surface area contributed by atoms with Crippen LogP contribution in [0.5, 0.6) is 0 Å². The van der Waals surface area contributed by atoms with Crippen molar-refractivity contribution in [2.24, 2.45) is 0 Å². The molecule has 5 nitrogen and oxygen atoms in total. The Morgan fingerprint density at radius 1 is 0.600 bits per heavy atom. The molecule has 0 rings (SSSR count). The van der Waals surface area contributed by atoms with Crippen molar-refractivity contribution >= 4 is 5.97 Å². The fraction of sp³-hybridized carbons (Fsp3) is 0.950. The first-order valence-electron chi connectivity index (χ1n) is 10.6. The number of nitrogens with one attached hydrogen (secondary N) is 3. The standard InChI is InChI=1S/C20H43N3O2/c1-2-3-4-5-6-7-8-9-10-11-14-21-15-12-16-22-17-13-18-23-19-20(24)25/h21-23H,2-19H2,1H3,(H,24,25). The van der Waals surface area contributed by atoms with Crippen LogP contribution < -0.4 is 16.0 Å². The highest BCUT2D eigenvalue weighted by atomic mass is 16.4. The third-order valence-corrected chi connectivity index (χ3v) is 4.40. The normalized spacial score (nSPS) is 11.1. The Labute approximate surface area is 155 Å². The summed E-state index contributed by atoms with van der Waals surface area (Å²) in [5.74, 6) is -0.790. The molecule has 0 aromatic rings. The molecule has 5 heteroatoms. The minimum Gasteiger partial charge on any atom is -0.480 e. The van der Waals surface area contributed by atoms with Gasteiger partial charge in [-0.25, -0.2) is 0 Å². The van der Waals surface area contributed by atoms with Crippen LogP contribution in [0.25, 0.3) is 0 Å². The van der Waals surface area contributed by atoms with Gasteiger partial charge in [-0.05, 0) is 52.0 Å². The molecule has 0 unspecified atom stereocenters. The van der Waals surface area contributed by atoms with Crippen LogP contribution in [0, 0.1) is 0 Å². The van der Waals surface area contributed by atoms with E-state index in [1.54, 1.807) is 0 Å². The molecule has 0 aliphatic heterocycles. The number of carboxylic acid groups (broad SMARTS) is 1. The SMILES string of the molecule is CCCCCCCCCCCCNCCCNCCCNCC(=O)O. The van der Waals surface area contributed by atoms with Crippen molar-refractivity contribution in [3.63, 3.8) is 0 Å². The highest BCUT2D eigenvalue weighted by molar-refractivity contribution is 5.68. The van der Waals surface area contributed by atoms with Crippen LogP contribution in [0.1, 0.15) is 84.0 Å². The van der Waals surface area contributed by atoms with Gasteiger partial charge < -0.3 is 21.1 Å². The van der Waals surface area contributed by atoms with Crippen molar-refractivity contribution in [2.75, 3.05) is 39.3 Å².